The quantitative estimate of drug-likeness (QED) is 0.444. The van der Waals surface area contributed by atoms with Gasteiger partial charge in [0, 0.05) is 19.1 Å². The Labute approximate surface area is 249 Å². The first kappa shape index (κ1) is 32.2. The highest BCUT2D eigenvalue weighted by Crippen LogP contribution is 2.43. The van der Waals surface area contributed by atoms with E-state index in [-0.39, 0.29) is 35.9 Å². The van der Waals surface area contributed by atoms with E-state index in [1.54, 1.807) is 27.8 Å². The Morgan fingerprint density at radius 1 is 1.10 bits per heavy atom. The van der Waals surface area contributed by atoms with Crippen LogP contribution in [-0.2, 0) is 32.2 Å². The highest BCUT2D eigenvalue weighted by molar-refractivity contribution is 7.89. The first-order chi connectivity index (χ1) is 19.5. The monoisotopic (exact) mass is 629 g/mol. The maximum Gasteiger partial charge on any atom is 0.416 e. The van der Waals surface area contributed by atoms with E-state index in [4.69, 9.17) is 16.3 Å². The van der Waals surface area contributed by atoms with Gasteiger partial charge in [-0.2, -0.15) is 17.5 Å². The largest absolute Gasteiger partial charge is 0.444 e. The number of sulfonamides is 1. The normalized spacial score (nSPS) is 22.2. The molecule has 2 fully saturated rings. The molecule has 1 saturated heterocycles. The standard InChI is InChI=1S/C29H35ClF3N3O5S/c1-28(2,3)41-27(38)34-26(37)24(14-18-8-6-5-7-9-18)35(4)23-12-10-19-16-36(17-21(19)23)42(39,40)25-13-11-20(15-22(25)30)29(31,32)33/h5-9,11,13,15,19,21,23-24H,10,12,14,16-17H2,1-4H3,(H,34,37,38)/t19-,21+,23+,24+/m1/s1. The van der Waals surface area contributed by atoms with Gasteiger partial charge in [-0.3, -0.25) is 15.0 Å². The lowest BCUT2D eigenvalue weighted by molar-refractivity contribution is -0.137. The van der Waals surface area contributed by atoms with Crippen molar-refractivity contribution in [1.29, 1.82) is 0 Å². The van der Waals surface area contributed by atoms with Crippen LogP contribution in [0.15, 0.2) is 53.4 Å². The molecule has 1 saturated carbocycles. The summed E-state index contributed by atoms with van der Waals surface area (Å²) in [6.07, 6.45) is -3.78. The van der Waals surface area contributed by atoms with Crippen molar-refractivity contribution in [2.75, 3.05) is 20.1 Å². The van der Waals surface area contributed by atoms with Crippen LogP contribution in [0.3, 0.4) is 0 Å². The average molecular weight is 630 g/mol. The van der Waals surface area contributed by atoms with Crippen LogP contribution >= 0.6 is 11.6 Å². The van der Waals surface area contributed by atoms with Crippen molar-refractivity contribution < 1.29 is 35.9 Å². The van der Waals surface area contributed by atoms with Crippen molar-refractivity contribution in [2.24, 2.45) is 11.8 Å². The lowest BCUT2D eigenvalue weighted by atomic mass is 9.94. The molecule has 0 aromatic heterocycles. The molecule has 0 bridgehead atoms. The fraction of sp³-hybridized carbons (Fsp3) is 0.517. The van der Waals surface area contributed by atoms with Gasteiger partial charge in [0.2, 0.25) is 15.9 Å². The summed E-state index contributed by atoms with van der Waals surface area (Å²) in [6, 6.07) is 10.6. The maximum absolute atomic E-state index is 13.5. The molecule has 4 rings (SSSR count). The minimum absolute atomic E-state index is 0.00765. The third-order valence-corrected chi connectivity index (χ3v) is 10.2. The lowest BCUT2D eigenvalue weighted by Gasteiger charge is -2.35. The number of ether oxygens (including phenoxy) is 1. The Balaban J connectivity index is 1.54. The topological polar surface area (TPSA) is 96.0 Å². The van der Waals surface area contributed by atoms with Crippen molar-refractivity contribution in [3.63, 3.8) is 0 Å². The lowest BCUT2D eigenvalue weighted by Crippen LogP contribution is -2.53. The van der Waals surface area contributed by atoms with Gasteiger partial charge in [-0.1, -0.05) is 41.9 Å². The number of likely N-dealkylation sites (N-methyl/N-ethyl adjacent to an activating group) is 1. The van der Waals surface area contributed by atoms with E-state index >= 15 is 0 Å². The molecular formula is C29H35ClF3N3O5S. The fourth-order valence-electron chi connectivity index (χ4n) is 5.90. The molecule has 2 aromatic carbocycles. The third kappa shape index (κ3) is 7.27. The number of halogens is 4. The first-order valence-electron chi connectivity index (χ1n) is 13.6. The second kappa shape index (κ2) is 12.1. The van der Waals surface area contributed by atoms with E-state index in [0.717, 1.165) is 11.6 Å². The van der Waals surface area contributed by atoms with Crippen LogP contribution in [-0.4, -0.2) is 67.4 Å². The van der Waals surface area contributed by atoms with Crippen molar-refractivity contribution in [3.8, 4) is 0 Å². The maximum atomic E-state index is 13.5. The summed E-state index contributed by atoms with van der Waals surface area (Å²) >= 11 is 6.04. The molecule has 4 atom stereocenters. The molecule has 2 aromatic rings. The van der Waals surface area contributed by atoms with Crippen molar-refractivity contribution in [2.45, 2.75) is 68.8 Å². The van der Waals surface area contributed by atoms with Gasteiger partial charge >= 0.3 is 12.3 Å². The van der Waals surface area contributed by atoms with Gasteiger partial charge in [-0.25, -0.2) is 13.2 Å². The molecule has 1 aliphatic heterocycles. The van der Waals surface area contributed by atoms with Crippen LogP contribution in [0.2, 0.25) is 5.02 Å². The number of rotatable bonds is 7. The Morgan fingerprint density at radius 2 is 1.76 bits per heavy atom. The van der Waals surface area contributed by atoms with E-state index in [1.165, 1.54) is 4.31 Å². The highest BCUT2D eigenvalue weighted by Gasteiger charge is 2.49. The number of hydrogen-bond donors (Lipinski definition) is 1. The minimum Gasteiger partial charge on any atom is -0.444 e. The second-order valence-electron chi connectivity index (χ2n) is 11.9. The summed E-state index contributed by atoms with van der Waals surface area (Å²) in [6.45, 7) is 5.41. The van der Waals surface area contributed by atoms with E-state index in [0.29, 0.717) is 31.4 Å². The van der Waals surface area contributed by atoms with E-state index in [1.807, 2.05) is 35.2 Å². The number of alkyl halides is 3. The molecule has 42 heavy (non-hydrogen) atoms. The summed E-state index contributed by atoms with van der Waals surface area (Å²) in [5.41, 5.74) is -0.935. The number of amides is 2. The molecule has 2 amide bonds. The Morgan fingerprint density at radius 3 is 2.36 bits per heavy atom. The van der Waals surface area contributed by atoms with Crippen molar-refractivity contribution >= 4 is 33.6 Å². The summed E-state index contributed by atoms with van der Waals surface area (Å²) in [5.74, 6) is -0.671. The van der Waals surface area contributed by atoms with Gasteiger partial charge < -0.3 is 4.74 Å². The number of imide groups is 1. The molecular weight excluding hydrogens is 595 g/mol. The van der Waals surface area contributed by atoms with Crippen molar-refractivity contribution in [3.05, 3.63) is 64.7 Å². The second-order valence-corrected chi connectivity index (χ2v) is 14.2. The molecule has 1 N–H and O–H groups in total. The number of carbonyl (C=O) groups is 2. The Kier molecular flexibility index (Phi) is 9.32. The molecule has 0 unspecified atom stereocenters. The molecule has 2 aliphatic rings. The van der Waals surface area contributed by atoms with E-state index in [9.17, 15) is 31.2 Å². The third-order valence-electron chi connectivity index (χ3n) is 7.88. The number of benzene rings is 2. The summed E-state index contributed by atoms with van der Waals surface area (Å²) < 4.78 is 72.8. The van der Waals surface area contributed by atoms with Crippen molar-refractivity contribution in [1.82, 2.24) is 14.5 Å². The zero-order chi connectivity index (χ0) is 31.0. The molecule has 1 aliphatic carbocycles. The zero-order valence-electron chi connectivity index (χ0n) is 23.8. The van der Waals surface area contributed by atoms with Crippen LogP contribution in [0.5, 0.6) is 0 Å². The van der Waals surface area contributed by atoms with Gasteiger partial charge in [0.15, 0.2) is 0 Å². The van der Waals surface area contributed by atoms with Crippen LogP contribution in [0, 0.1) is 11.8 Å². The Hall–Kier alpha value is -2.67. The average Bonchev–Trinajstić information content (AvgIpc) is 3.47. The summed E-state index contributed by atoms with van der Waals surface area (Å²) in [7, 11) is -2.38. The number of alkyl carbamates (subject to hydrolysis) is 1. The van der Waals surface area contributed by atoms with Gasteiger partial charge in [0.05, 0.1) is 16.6 Å². The number of nitrogens with zero attached hydrogens (tertiary/aromatic N) is 2. The van der Waals surface area contributed by atoms with Gasteiger partial charge in [0.25, 0.3) is 0 Å². The molecule has 0 spiro atoms. The highest BCUT2D eigenvalue weighted by atomic mass is 35.5. The SMILES string of the molecule is CN([C@@H](Cc1ccccc1)C(=O)NC(=O)OC(C)(C)C)[C@H]1CC[C@@H]2CN(S(=O)(=O)c3ccc(C(F)(F)F)cc3Cl)C[C@@H]21. The summed E-state index contributed by atoms with van der Waals surface area (Å²) in [4.78, 5) is 27.4. The predicted octanol–water partition coefficient (Wildman–Crippen LogP) is 5.35. The summed E-state index contributed by atoms with van der Waals surface area (Å²) in [5, 5.41) is 1.87. The first-order valence-corrected chi connectivity index (χ1v) is 15.5. The predicted molar refractivity (Wildman–Crippen MR) is 151 cm³/mol. The van der Waals surface area contributed by atoms with E-state index < -0.39 is 50.4 Å². The van der Waals surface area contributed by atoms with Crippen LogP contribution in [0.25, 0.3) is 0 Å². The number of nitrogens with one attached hydrogen (secondary N) is 1. The van der Waals surface area contributed by atoms with Crippen LogP contribution in [0.4, 0.5) is 18.0 Å². The fourth-order valence-corrected chi connectivity index (χ4v) is 7.95. The number of hydrogen-bond acceptors (Lipinski definition) is 6. The molecule has 8 nitrogen and oxygen atoms in total. The minimum atomic E-state index is -4.65. The van der Waals surface area contributed by atoms with Gasteiger partial charge in [-0.15, -0.1) is 0 Å². The molecule has 0 radical (unpaired) electrons. The Bertz CT molecular complexity index is 1420. The zero-order valence-corrected chi connectivity index (χ0v) is 25.4. The van der Waals surface area contributed by atoms with Gasteiger partial charge in [0.1, 0.15) is 10.5 Å². The smallest absolute Gasteiger partial charge is 0.416 e. The molecule has 1 heterocycles. The molecule has 230 valence electrons. The number of carbonyl (C=O) groups excluding carboxylic acids is 2. The molecule has 13 heteroatoms. The number of fused-ring (bicyclic) bond motifs is 1. The van der Waals surface area contributed by atoms with Crippen LogP contribution < -0.4 is 5.32 Å². The van der Waals surface area contributed by atoms with Crippen LogP contribution in [0.1, 0.15) is 44.7 Å². The van der Waals surface area contributed by atoms with E-state index in [2.05, 4.69) is 5.32 Å². The van der Waals surface area contributed by atoms with Gasteiger partial charge in [-0.05, 0) is 82.7 Å².